The second-order valence-corrected chi connectivity index (χ2v) is 11.7. The lowest BCUT2D eigenvalue weighted by atomic mass is 9.81. The summed E-state index contributed by atoms with van der Waals surface area (Å²) in [6.07, 6.45) is 3.87. The molecular formula is C34H44FN3O6. The zero-order valence-corrected chi connectivity index (χ0v) is 25.3. The number of halogens is 1. The number of rotatable bonds is 11. The van der Waals surface area contributed by atoms with E-state index in [4.69, 9.17) is 9.84 Å². The average molecular weight is 610 g/mol. The second-order valence-electron chi connectivity index (χ2n) is 11.7. The van der Waals surface area contributed by atoms with Crippen molar-refractivity contribution in [3.8, 4) is 5.75 Å². The molecule has 0 aliphatic carbocycles. The van der Waals surface area contributed by atoms with Crippen LogP contribution in [0.15, 0.2) is 60.8 Å². The largest absolute Gasteiger partial charge is 0.497 e. The predicted octanol–water partition coefficient (Wildman–Crippen LogP) is 5.25. The molecule has 4 N–H and O–H groups in total. The first kappa shape index (κ1) is 33.3. The molecule has 10 heteroatoms. The second kappa shape index (κ2) is 16.5. The molecule has 5 atom stereocenters. The molecule has 2 aliphatic rings. The van der Waals surface area contributed by atoms with Crippen LogP contribution in [0.3, 0.4) is 0 Å². The molecule has 0 spiro atoms. The van der Waals surface area contributed by atoms with E-state index in [-0.39, 0.29) is 11.8 Å². The fourth-order valence-corrected chi connectivity index (χ4v) is 6.18. The maximum Gasteiger partial charge on any atom is 0.308 e. The average Bonchev–Trinajstić information content (AvgIpc) is 3.06. The van der Waals surface area contributed by atoms with E-state index in [9.17, 15) is 24.2 Å². The number of alkyl halides is 1. The molecular weight excluding hydrogens is 565 g/mol. The van der Waals surface area contributed by atoms with Crippen LogP contribution in [0.1, 0.15) is 61.9 Å². The van der Waals surface area contributed by atoms with Gasteiger partial charge in [-0.25, -0.2) is 4.39 Å². The van der Waals surface area contributed by atoms with Crippen LogP contribution in [0.5, 0.6) is 5.75 Å². The van der Waals surface area contributed by atoms with E-state index < -0.39 is 30.1 Å². The van der Waals surface area contributed by atoms with Crippen LogP contribution in [0.4, 0.5) is 4.39 Å². The van der Waals surface area contributed by atoms with Crippen molar-refractivity contribution in [1.82, 2.24) is 15.2 Å². The number of nitrogens with one attached hydrogen (secondary N) is 1. The minimum Gasteiger partial charge on any atom is -0.497 e. The third-order valence-electron chi connectivity index (χ3n) is 8.82. The number of piperidine rings is 2. The Kier molecular flexibility index (Phi) is 12.5. The summed E-state index contributed by atoms with van der Waals surface area (Å²) >= 11 is 0. The van der Waals surface area contributed by atoms with Crippen molar-refractivity contribution < 1.29 is 34.0 Å². The summed E-state index contributed by atoms with van der Waals surface area (Å²) < 4.78 is 19.9. The molecule has 2 fully saturated rings. The van der Waals surface area contributed by atoms with E-state index in [0.717, 1.165) is 48.8 Å². The Labute approximate surface area is 258 Å². The number of carboxylic acids is 2. The van der Waals surface area contributed by atoms with Crippen LogP contribution < -0.4 is 10.1 Å². The fraction of sp³-hybridized carbons (Fsp3) is 0.500. The minimum absolute atomic E-state index is 0.0312. The van der Waals surface area contributed by atoms with Crippen LogP contribution in [0.2, 0.25) is 0 Å². The van der Waals surface area contributed by atoms with Gasteiger partial charge in [0.15, 0.2) is 0 Å². The van der Waals surface area contributed by atoms with Gasteiger partial charge in [-0.05, 0) is 92.9 Å². The van der Waals surface area contributed by atoms with E-state index in [1.54, 1.807) is 25.4 Å². The number of aliphatic carboxylic acids is 2. The number of benzene rings is 2. The van der Waals surface area contributed by atoms with Crippen molar-refractivity contribution in [3.05, 3.63) is 71.9 Å². The molecule has 5 rings (SSSR count). The van der Waals surface area contributed by atoms with Crippen molar-refractivity contribution in [2.75, 3.05) is 39.8 Å². The molecule has 238 valence electrons. The number of methoxy groups -OCH3 is 1. The summed E-state index contributed by atoms with van der Waals surface area (Å²) in [6, 6.07) is 16.5. The molecule has 0 amide bonds. The number of aliphatic hydroxyl groups excluding tert-OH is 1. The summed E-state index contributed by atoms with van der Waals surface area (Å²) in [7, 11) is 1.60. The molecule has 0 saturated carbocycles. The topological polar surface area (TPSA) is 132 Å². The van der Waals surface area contributed by atoms with Crippen LogP contribution in [0, 0.1) is 17.8 Å². The Morgan fingerprint density at radius 3 is 2.55 bits per heavy atom. The number of pyridine rings is 1. The number of ether oxygens (including phenoxy) is 1. The SMILES string of the molecule is COc1ccc2nccc(C(O)CC[C@@H]3CCN(CCC(F)c4ccccc4)C[C@@H]3C(=O)O)c2c1.O=C(O)C1CCCNC1. The lowest BCUT2D eigenvalue weighted by molar-refractivity contribution is -0.146. The van der Waals surface area contributed by atoms with Crippen molar-refractivity contribution in [2.24, 2.45) is 17.8 Å². The lowest BCUT2D eigenvalue weighted by Crippen LogP contribution is -2.44. The smallest absolute Gasteiger partial charge is 0.308 e. The number of hydrogen-bond donors (Lipinski definition) is 4. The van der Waals surface area contributed by atoms with Gasteiger partial charge in [0.05, 0.1) is 30.6 Å². The van der Waals surface area contributed by atoms with E-state index >= 15 is 0 Å². The Bertz CT molecular complexity index is 1350. The van der Waals surface area contributed by atoms with Gasteiger partial charge in [-0.3, -0.25) is 14.6 Å². The molecule has 3 aromatic rings. The van der Waals surface area contributed by atoms with Gasteiger partial charge >= 0.3 is 11.9 Å². The van der Waals surface area contributed by atoms with E-state index in [1.807, 2.05) is 42.5 Å². The van der Waals surface area contributed by atoms with Gasteiger partial charge in [0, 0.05) is 31.2 Å². The highest BCUT2D eigenvalue weighted by Gasteiger charge is 2.34. The summed E-state index contributed by atoms with van der Waals surface area (Å²) in [5, 5.41) is 33.2. The number of aromatic nitrogens is 1. The van der Waals surface area contributed by atoms with Gasteiger partial charge in [-0.2, -0.15) is 0 Å². The van der Waals surface area contributed by atoms with E-state index in [0.29, 0.717) is 50.2 Å². The maximum atomic E-state index is 14.6. The number of carbonyl (C=O) groups is 2. The number of aliphatic hydroxyl groups is 1. The third-order valence-corrected chi connectivity index (χ3v) is 8.82. The highest BCUT2D eigenvalue weighted by atomic mass is 19.1. The molecule has 0 bridgehead atoms. The third kappa shape index (κ3) is 9.20. The van der Waals surface area contributed by atoms with Crippen molar-refractivity contribution in [1.29, 1.82) is 0 Å². The van der Waals surface area contributed by atoms with Crippen molar-refractivity contribution in [3.63, 3.8) is 0 Å². The maximum absolute atomic E-state index is 14.6. The van der Waals surface area contributed by atoms with Crippen molar-refractivity contribution >= 4 is 22.8 Å². The Morgan fingerprint density at radius 1 is 1.09 bits per heavy atom. The monoisotopic (exact) mass is 609 g/mol. The number of nitrogens with zero attached hydrogens (tertiary/aromatic N) is 2. The van der Waals surface area contributed by atoms with Crippen molar-refractivity contribution in [2.45, 2.75) is 50.8 Å². The number of likely N-dealkylation sites (tertiary alicyclic amines) is 1. The lowest BCUT2D eigenvalue weighted by Gasteiger charge is -2.37. The first-order valence-electron chi connectivity index (χ1n) is 15.4. The summed E-state index contributed by atoms with van der Waals surface area (Å²) in [5.74, 6) is -1.49. The van der Waals surface area contributed by atoms with Crippen LogP contribution in [-0.4, -0.2) is 77.0 Å². The summed E-state index contributed by atoms with van der Waals surface area (Å²) in [5.41, 5.74) is 2.21. The van der Waals surface area contributed by atoms with Gasteiger partial charge in [-0.15, -0.1) is 0 Å². The number of carboxylic acid groups (broad SMARTS) is 2. The number of hydrogen-bond acceptors (Lipinski definition) is 7. The highest BCUT2D eigenvalue weighted by Crippen LogP contribution is 2.34. The van der Waals surface area contributed by atoms with Gasteiger partial charge in [0.1, 0.15) is 11.9 Å². The zero-order chi connectivity index (χ0) is 31.5. The molecule has 0 radical (unpaired) electrons. The van der Waals surface area contributed by atoms with Gasteiger partial charge in [-0.1, -0.05) is 30.3 Å². The molecule has 3 unspecified atom stereocenters. The highest BCUT2D eigenvalue weighted by molar-refractivity contribution is 5.83. The number of fused-ring (bicyclic) bond motifs is 1. The molecule has 2 saturated heterocycles. The van der Waals surface area contributed by atoms with Gasteiger partial charge in [0.2, 0.25) is 0 Å². The predicted molar refractivity (Wildman–Crippen MR) is 166 cm³/mol. The summed E-state index contributed by atoms with van der Waals surface area (Å²) in [6.45, 7) is 3.30. The van der Waals surface area contributed by atoms with Crippen LogP contribution in [-0.2, 0) is 9.59 Å². The normalized spacial score (nSPS) is 21.9. The molecule has 9 nitrogen and oxygen atoms in total. The quantitative estimate of drug-likeness (QED) is 0.230. The molecule has 2 aliphatic heterocycles. The first-order valence-corrected chi connectivity index (χ1v) is 15.4. The van der Waals surface area contributed by atoms with Crippen LogP contribution >= 0.6 is 0 Å². The molecule has 1 aromatic heterocycles. The molecule has 3 heterocycles. The van der Waals surface area contributed by atoms with Gasteiger partial charge in [0.25, 0.3) is 0 Å². The molecule has 2 aromatic carbocycles. The minimum atomic E-state index is -1.05. The Balaban J connectivity index is 0.000000421. The van der Waals surface area contributed by atoms with E-state index in [1.165, 1.54) is 0 Å². The standard InChI is InChI=1S/C28H33FN2O4.C6H11NO2/c1-35-21-8-9-26-23(17-21)22(11-14-30-26)27(32)10-7-19-12-15-31(18-24(19)28(33)34)16-13-25(29)20-5-3-2-4-6-20;8-6(9)5-2-1-3-7-4-5/h2-6,8-9,11,14,17,19,24-25,27,32H,7,10,12-13,15-16,18H2,1H3,(H,33,34);5,7H,1-4H2,(H,8,9)/t19-,24+,25?,27?;/m1./s1. The van der Waals surface area contributed by atoms with E-state index in [2.05, 4.69) is 15.2 Å². The Hall–Kier alpha value is -3.60. The van der Waals surface area contributed by atoms with Gasteiger partial charge < -0.3 is 30.3 Å². The summed E-state index contributed by atoms with van der Waals surface area (Å²) in [4.78, 5) is 28.8. The first-order chi connectivity index (χ1) is 21.3. The Morgan fingerprint density at radius 2 is 1.89 bits per heavy atom. The van der Waals surface area contributed by atoms with Crippen LogP contribution in [0.25, 0.3) is 10.9 Å². The molecule has 44 heavy (non-hydrogen) atoms. The fourth-order valence-electron chi connectivity index (χ4n) is 6.18. The zero-order valence-electron chi connectivity index (χ0n) is 25.3.